The highest BCUT2D eigenvalue weighted by atomic mass is 32.2. The van der Waals surface area contributed by atoms with Gasteiger partial charge in [-0.3, -0.25) is 4.79 Å². The third kappa shape index (κ3) is 4.06. The molecule has 112 valence electrons. The number of carbonyl (C=O) groups is 1. The van der Waals surface area contributed by atoms with Gasteiger partial charge in [0.15, 0.2) is 5.76 Å². The smallest absolute Gasteiger partial charge is 0.287 e. The summed E-state index contributed by atoms with van der Waals surface area (Å²) in [4.78, 5) is 11.5. The number of piperidine rings is 1. The SMILES string of the molecule is O=C(NCCNS(=O)(=O)N1CCCCC1)c1ccco1. The number of hydrogen-bond acceptors (Lipinski definition) is 4. The van der Waals surface area contributed by atoms with Gasteiger partial charge in [-0.1, -0.05) is 6.42 Å². The van der Waals surface area contributed by atoms with Gasteiger partial charge in [0.2, 0.25) is 0 Å². The number of hydrogen-bond donors (Lipinski definition) is 2. The average Bonchev–Trinajstić information content (AvgIpc) is 2.98. The first-order valence-electron chi connectivity index (χ1n) is 6.66. The highest BCUT2D eigenvalue weighted by molar-refractivity contribution is 7.87. The highest BCUT2D eigenvalue weighted by Crippen LogP contribution is 2.11. The molecule has 0 radical (unpaired) electrons. The highest BCUT2D eigenvalue weighted by Gasteiger charge is 2.22. The Morgan fingerprint density at radius 2 is 2.00 bits per heavy atom. The molecule has 1 fully saturated rings. The van der Waals surface area contributed by atoms with Crippen molar-refractivity contribution < 1.29 is 17.6 Å². The summed E-state index contributed by atoms with van der Waals surface area (Å²) in [5.74, 6) is -0.143. The summed E-state index contributed by atoms with van der Waals surface area (Å²) in [5.41, 5.74) is 0. The quantitative estimate of drug-likeness (QED) is 0.741. The Morgan fingerprint density at radius 1 is 1.25 bits per heavy atom. The topological polar surface area (TPSA) is 91.7 Å². The van der Waals surface area contributed by atoms with Crippen LogP contribution in [0.15, 0.2) is 22.8 Å². The van der Waals surface area contributed by atoms with Gasteiger partial charge in [0, 0.05) is 26.2 Å². The summed E-state index contributed by atoms with van der Waals surface area (Å²) in [6.45, 7) is 1.50. The van der Waals surface area contributed by atoms with Crippen LogP contribution in [-0.2, 0) is 10.2 Å². The zero-order valence-electron chi connectivity index (χ0n) is 11.2. The Hall–Kier alpha value is -1.38. The molecule has 1 aliphatic rings. The average molecular weight is 301 g/mol. The Bertz CT molecular complexity index is 521. The van der Waals surface area contributed by atoms with Crippen molar-refractivity contribution >= 4 is 16.1 Å². The molecule has 2 rings (SSSR count). The molecule has 0 saturated carbocycles. The molecular weight excluding hydrogens is 282 g/mol. The number of amides is 1. The minimum absolute atomic E-state index is 0.158. The van der Waals surface area contributed by atoms with E-state index in [-0.39, 0.29) is 24.8 Å². The lowest BCUT2D eigenvalue weighted by Crippen LogP contribution is -2.45. The minimum atomic E-state index is -3.43. The zero-order valence-corrected chi connectivity index (χ0v) is 12.0. The van der Waals surface area contributed by atoms with Crippen LogP contribution < -0.4 is 10.0 Å². The maximum Gasteiger partial charge on any atom is 0.287 e. The molecule has 2 heterocycles. The first-order valence-corrected chi connectivity index (χ1v) is 8.10. The van der Waals surface area contributed by atoms with E-state index in [1.54, 1.807) is 12.1 Å². The fourth-order valence-corrected chi connectivity index (χ4v) is 3.33. The monoisotopic (exact) mass is 301 g/mol. The van der Waals surface area contributed by atoms with Gasteiger partial charge in [-0.2, -0.15) is 12.7 Å². The molecule has 7 nitrogen and oxygen atoms in total. The molecular formula is C12H19N3O4S. The molecule has 0 aliphatic carbocycles. The van der Waals surface area contributed by atoms with Crippen molar-refractivity contribution in [2.45, 2.75) is 19.3 Å². The van der Waals surface area contributed by atoms with E-state index in [9.17, 15) is 13.2 Å². The van der Waals surface area contributed by atoms with Gasteiger partial charge in [-0.15, -0.1) is 0 Å². The van der Waals surface area contributed by atoms with Gasteiger partial charge in [0.05, 0.1) is 6.26 Å². The molecule has 1 aromatic rings. The van der Waals surface area contributed by atoms with Crippen molar-refractivity contribution in [2.24, 2.45) is 0 Å². The van der Waals surface area contributed by atoms with E-state index in [1.807, 2.05) is 0 Å². The molecule has 1 aromatic heterocycles. The van der Waals surface area contributed by atoms with E-state index in [1.165, 1.54) is 10.6 Å². The molecule has 8 heteroatoms. The van der Waals surface area contributed by atoms with Crippen LogP contribution in [0.2, 0.25) is 0 Å². The van der Waals surface area contributed by atoms with Crippen molar-refractivity contribution in [3.05, 3.63) is 24.2 Å². The molecule has 0 unspecified atom stereocenters. The maximum absolute atomic E-state index is 11.9. The standard InChI is InChI=1S/C12H19N3O4S/c16-12(11-5-4-10-19-11)13-6-7-14-20(17,18)15-8-2-1-3-9-15/h4-5,10,14H,1-3,6-9H2,(H,13,16). The number of furan rings is 1. The van der Waals surface area contributed by atoms with Crippen LogP contribution in [0.4, 0.5) is 0 Å². The number of nitrogens with one attached hydrogen (secondary N) is 2. The zero-order chi connectivity index (χ0) is 14.4. The van der Waals surface area contributed by atoms with Crippen molar-refractivity contribution in [3.8, 4) is 0 Å². The van der Waals surface area contributed by atoms with Crippen LogP contribution in [0.1, 0.15) is 29.8 Å². The minimum Gasteiger partial charge on any atom is -0.459 e. The molecule has 1 amide bonds. The fourth-order valence-electron chi connectivity index (χ4n) is 2.05. The van der Waals surface area contributed by atoms with E-state index in [2.05, 4.69) is 10.0 Å². The predicted octanol–water partition coefficient (Wildman–Crippen LogP) is 0.330. The van der Waals surface area contributed by atoms with Gasteiger partial charge < -0.3 is 9.73 Å². The van der Waals surface area contributed by atoms with Gasteiger partial charge in [0.1, 0.15) is 0 Å². The predicted molar refractivity (Wildman–Crippen MR) is 73.4 cm³/mol. The van der Waals surface area contributed by atoms with Gasteiger partial charge in [-0.05, 0) is 25.0 Å². The molecule has 20 heavy (non-hydrogen) atoms. The molecule has 2 N–H and O–H groups in total. The second-order valence-electron chi connectivity index (χ2n) is 4.59. The number of nitrogens with zero attached hydrogens (tertiary/aromatic N) is 1. The Labute approximate surface area is 118 Å². The molecule has 0 atom stereocenters. The first kappa shape index (κ1) is 15.0. The summed E-state index contributed by atoms with van der Waals surface area (Å²) in [6, 6.07) is 3.17. The lowest BCUT2D eigenvalue weighted by atomic mass is 10.2. The second kappa shape index (κ2) is 6.87. The van der Waals surface area contributed by atoms with Crippen LogP contribution in [-0.4, -0.2) is 44.8 Å². The third-order valence-corrected chi connectivity index (χ3v) is 4.71. The summed E-state index contributed by atoms with van der Waals surface area (Å²) in [6.07, 6.45) is 4.28. The van der Waals surface area contributed by atoms with Crippen molar-refractivity contribution in [1.82, 2.24) is 14.3 Å². The van der Waals surface area contributed by atoms with Crippen LogP contribution >= 0.6 is 0 Å². The van der Waals surface area contributed by atoms with Crippen molar-refractivity contribution in [1.29, 1.82) is 0 Å². The lowest BCUT2D eigenvalue weighted by molar-refractivity contribution is 0.0926. The van der Waals surface area contributed by atoms with E-state index < -0.39 is 10.2 Å². The van der Waals surface area contributed by atoms with Crippen LogP contribution in [0.3, 0.4) is 0 Å². The molecule has 0 spiro atoms. The van der Waals surface area contributed by atoms with E-state index in [4.69, 9.17) is 4.42 Å². The summed E-state index contributed by atoms with van der Waals surface area (Å²) < 4.78 is 32.7. The van der Waals surface area contributed by atoms with Crippen LogP contribution in [0.5, 0.6) is 0 Å². The number of carbonyl (C=O) groups excluding carboxylic acids is 1. The maximum atomic E-state index is 11.9. The summed E-state index contributed by atoms with van der Waals surface area (Å²) >= 11 is 0. The largest absolute Gasteiger partial charge is 0.459 e. The van der Waals surface area contributed by atoms with Crippen LogP contribution in [0, 0.1) is 0 Å². The first-order chi connectivity index (χ1) is 9.59. The van der Waals surface area contributed by atoms with Crippen LogP contribution in [0.25, 0.3) is 0 Å². The van der Waals surface area contributed by atoms with Gasteiger partial charge in [-0.25, -0.2) is 4.72 Å². The number of rotatable bonds is 6. The van der Waals surface area contributed by atoms with E-state index in [0.717, 1.165) is 19.3 Å². The molecule has 1 saturated heterocycles. The van der Waals surface area contributed by atoms with E-state index in [0.29, 0.717) is 13.1 Å². The Balaban J connectivity index is 1.71. The van der Waals surface area contributed by atoms with Gasteiger partial charge in [0.25, 0.3) is 16.1 Å². The van der Waals surface area contributed by atoms with Gasteiger partial charge >= 0.3 is 0 Å². The summed E-state index contributed by atoms with van der Waals surface area (Å²) in [7, 11) is -3.43. The molecule has 1 aliphatic heterocycles. The van der Waals surface area contributed by atoms with Crippen molar-refractivity contribution in [3.63, 3.8) is 0 Å². The Morgan fingerprint density at radius 3 is 2.65 bits per heavy atom. The lowest BCUT2D eigenvalue weighted by Gasteiger charge is -2.25. The third-order valence-electron chi connectivity index (χ3n) is 3.09. The molecule has 0 aromatic carbocycles. The molecule has 0 bridgehead atoms. The normalized spacial score (nSPS) is 17.0. The fraction of sp³-hybridized carbons (Fsp3) is 0.583. The Kier molecular flexibility index (Phi) is 5.16. The second-order valence-corrected chi connectivity index (χ2v) is 6.35. The van der Waals surface area contributed by atoms with Crippen molar-refractivity contribution in [2.75, 3.05) is 26.2 Å². The summed E-state index contributed by atoms with van der Waals surface area (Å²) in [5, 5.41) is 2.58. The van der Waals surface area contributed by atoms with E-state index >= 15 is 0 Å².